The zero-order valence-corrected chi connectivity index (χ0v) is 13.7. The Morgan fingerprint density at radius 1 is 1.40 bits per heavy atom. The van der Waals surface area contributed by atoms with Crippen LogP contribution in [0.15, 0.2) is 17.5 Å². The summed E-state index contributed by atoms with van der Waals surface area (Å²) in [7, 11) is 0. The quantitative estimate of drug-likeness (QED) is 0.655. The summed E-state index contributed by atoms with van der Waals surface area (Å²) >= 11 is 1.68. The van der Waals surface area contributed by atoms with Gasteiger partial charge in [0.2, 0.25) is 0 Å². The summed E-state index contributed by atoms with van der Waals surface area (Å²) in [6.45, 7) is 11.2. The van der Waals surface area contributed by atoms with Crippen molar-refractivity contribution >= 4 is 11.3 Å². The van der Waals surface area contributed by atoms with Crippen LogP contribution >= 0.6 is 11.3 Å². The first kappa shape index (κ1) is 17.6. The van der Waals surface area contributed by atoms with Crippen LogP contribution in [0, 0.1) is 0 Å². The van der Waals surface area contributed by atoms with Crippen molar-refractivity contribution in [2.45, 2.75) is 39.5 Å². The summed E-state index contributed by atoms with van der Waals surface area (Å²) in [5, 5.41) is 15.3. The van der Waals surface area contributed by atoms with E-state index in [1.165, 1.54) is 4.88 Å². The standard InChI is InChI=1S/C15H28N2O2S/c1-4-17(5-2)10-13(3)16-9-14(18)11-19-12-15-7-6-8-20-15/h6-8,13-14,16,18H,4-5,9-12H2,1-3H3. The number of hydrogen-bond donors (Lipinski definition) is 2. The van der Waals surface area contributed by atoms with Gasteiger partial charge in [-0.1, -0.05) is 19.9 Å². The molecule has 116 valence electrons. The van der Waals surface area contributed by atoms with E-state index in [1.807, 2.05) is 17.5 Å². The molecule has 0 saturated heterocycles. The fourth-order valence-corrected chi connectivity index (χ4v) is 2.66. The van der Waals surface area contributed by atoms with E-state index in [9.17, 15) is 5.11 Å². The molecule has 1 aromatic heterocycles. The Hall–Kier alpha value is -0.460. The molecule has 0 amide bonds. The Morgan fingerprint density at radius 2 is 2.15 bits per heavy atom. The smallest absolute Gasteiger partial charge is 0.0897 e. The molecule has 5 heteroatoms. The van der Waals surface area contributed by atoms with Gasteiger partial charge in [0.05, 0.1) is 19.3 Å². The predicted molar refractivity (Wildman–Crippen MR) is 85.2 cm³/mol. The summed E-state index contributed by atoms with van der Waals surface area (Å²) in [4.78, 5) is 3.57. The number of thiophene rings is 1. The molecule has 1 rings (SSSR count). The van der Waals surface area contributed by atoms with Crippen LogP contribution in [0.25, 0.3) is 0 Å². The maximum Gasteiger partial charge on any atom is 0.0897 e. The second-order valence-corrected chi connectivity index (χ2v) is 6.08. The molecule has 2 unspecified atom stereocenters. The van der Waals surface area contributed by atoms with Gasteiger partial charge in [-0.25, -0.2) is 0 Å². The number of aliphatic hydroxyl groups excluding tert-OH is 1. The van der Waals surface area contributed by atoms with Gasteiger partial charge in [-0.05, 0) is 31.5 Å². The van der Waals surface area contributed by atoms with Crippen LogP contribution in [-0.4, -0.2) is 54.9 Å². The molecule has 1 aromatic rings. The number of ether oxygens (including phenoxy) is 1. The van der Waals surface area contributed by atoms with Crippen molar-refractivity contribution in [2.75, 3.05) is 32.8 Å². The SMILES string of the molecule is CCN(CC)CC(C)NCC(O)COCc1cccs1. The van der Waals surface area contributed by atoms with Gasteiger partial charge in [0.25, 0.3) is 0 Å². The maximum absolute atomic E-state index is 9.88. The van der Waals surface area contributed by atoms with Gasteiger partial charge in [-0.3, -0.25) is 0 Å². The van der Waals surface area contributed by atoms with Gasteiger partial charge >= 0.3 is 0 Å². The molecule has 1 heterocycles. The van der Waals surface area contributed by atoms with Crippen molar-refractivity contribution in [1.82, 2.24) is 10.2 Å². The van der Waals surface area contributed by atoms with Crippen LogP contribution in [0.2, 0.25) is 0 Å². The van der Waals surface area contributed by atoms with E-state index in [4.69, 9.17) is 4.74 Å². The summed E-state index contributed by atoms with van der Waals surface area (Å²) in [5.41, 5.74) is 0. The number of aliphatic hydroxyl groups is 1. The fraction of sp³-hybridized carbons (Fsp3) is 0.733. The van der Waals surface area contributed by atoms with Crippen molar-refractivity contribution in [3.8, 4) is 0 Å². The second-order valence-electron chi connectivity index (χ2n) is 5.04. The first-order chi connectivity index (χ1) is 9.65. The third kappa shape index (κ3) is 7.36. The number of likely N-dealkylation sites (N-methyl/N-ethyl adjacent to an activating group) is 1. The number of hydrogen-bond acceptors (Lipinski definition) is 5. The zero-order valence-electron chi connectivity index (χ0n) is 12.8. The molecule has 2 N–H and O–H groups in total. The average Bonchev–Trinajstić information content (AvgIpc) is 2.95. The first-order valence-electron chi connectivity index (χ1n) is 7.39. The van der Waals surface area contributed by atoms with E-state index in [0.29, 0.717) is 25.8 Å². The summed E-state index contributed by atoms with van der Waals surface area (Å²) in [6, 6.07) is 4.43. The highest BCUT2D eigenvalue weighted by Gasteiger charge is 2.10. The maximum atomic E-state index is 9.88. The molecule has 0 aliphatic rings. The molecule has 20 heavy (non-hydrogen) atoms. The van der Waals surface area contributed by atoms with E-state index in [-0.39, 0.29) is 0 Å². The van der Waals surface area contributed by atoms with Crippen LogP contribution in [-0.2, 0) is 11.3 Å². The number of nitrogens with zero attached hydrogens (tertiary/aromatic N) is 1. The highest BCUT2D eigenvalue weighted by atomic mass is 32.1. The molecule has 0 bridgehead atoms. The molecule has 0 fully saturated rings. The van der Waals surface area contributed by atoms with Crippen LogP contribution in [0.4, 0.5) is 0 Å². The van der Waals surface area contributed by atoms with E-state index in [1.54, 1.807) is 11.3 Å². The molecule has 0 aromatic carbocycles. The largest absolute Gasteiger partial charge is 0.389 e. The van der Waals surface area contributed by atoms with Crippen molar-refractivity contribution in [3.05, 3.63) is 22.4 Å². The van der Waals surface area contributed by atoms with Crippen LogP contribution in [0.1, 0.15) is 25.6 Å². The van der Waals surface area contributed by atoms with E-state index in [0.717, 1.165) is 19.6 Å². The van der Waals surface area contributed by atoms with Gasteiger partial charge in [-0.2, -0.15) is 0 Å². The van der Waals surface area contributed by atoms with Crippen LogP contribution < -0.4 is 5.32 Å². The molecule has 0 aliphatic heterocycles. The van der Waals surface area contributed by atoms with Crippen molar-refractivity contribution in [2.24, 2.45) is 0 Å². The molecule has 0 spiro atoms. The highest BCUT2D eigenvalue weighted by molar-refractivity contribution is 7.09. The first-order valence-corrected chi connectivity index (χ1v) is 8.27. The summed E-state index contributed by atoms with van der Waals surface area (Å²) < 4.78 is 5.51. The minimum absolute atomic E-state index is 0.377. The molecule has 0 saturated carbocycles. The summed E-state index contributed by atoms with van der Waals surface area (Å²) in [5.74, 6) is 0. The minimum Gasteiger partial charge on any atom is -0.389 e. The van der Waals surface area contributed by atoms with Gasteiger partial charge in [0.15, 0.2) is 0 Å². The van der Waals surface area contributed by atoms with Crippen molar-refractivity contribution < 1.29 is 9.84 Å². The molecular formula is C15H28N2O2S. The second kappa shape index (κ2) is 10.3. The van der Waals surface area contributed by atoms with E-state index >= 15 is 0 Å². The monoisotopic (exact) mass is 300 g/mol. The third-order valence-corrected chi connectivity index (χ3v) is 4.11. The normalized spacial score (nSPS) is 14.7. The van der Waals surface area contributed by atoms with E-state index < -0.39 is 6.10 Å². The van der Waals surface area contributed by atoms with E-state index in [2.05, 4.69) is 31.0 Å². The molecular weight excluding hydrogens is 272 g/mol. The number of nitrogens with one attached hydrogen (secondary N) is 1. The number of rotatable bonds is 11. The van der Waals surface area contributed by atoms with Gasteiger partial charge in [-0.15, -0.1) is 11.3 Å². The van der Waals surface area contributed by atoms with Crippen LogP contribution in [0.5, 0.6) is 0 Å². The lowest BCUT2D eigenvalue weighted by Gasteiger charge is -2.24. The topological polar surface area (TPSA) is 44.7 Å². The Morgan fingerprint density at radius 3 is 2.75 bits per heavy atom. The lowest BCUT2D eigenvalue weighted by atomic mass is 10.2. The summed E-state index contributed by atoms with van der Waals surface area (Å²) in [6.07, 6.45) is -0.450. The average molecular weight is 300 g/mol. The lowest BCUT2D eigenvalue weighted by molar-refractivity contribution is 0.0283. The highest BCUT2D eigenvalue weighted by Crippen LogP contribution is 2.09. The van der Waals surface area contributed by atoms with Crippen molar-refractivity contribution in [3.63, 3.8) is 0 Å². The lowest BCUT2D eigenvalue weighted by Crippen LogP contribution is -2.42. The van der Waals surface area contributed by atoms with Gasteiger partial charge in [0.1, 0.15) is 0 Å². The molecule has 2 atom stereocenters. The Balaban J connectivity index is 2.08. The minimum atomic E-state index is -0.450. The van der Waals surface area contributed by atoms with Crippen LogP contribution in [0.3, 0.4) is 0 Å². The molecule has 4 nitrogen and oxygen atoms in total. The Bertz CT molecular complexity index is 329. The zero-order chi connectivity index (χ0) is 14.8. The Kier molecular flexibility index (Phi) is 9.05. The van der Waals surface area contributed by atoms with Crippen molar-refractivity contribution in [1.29, 1.82) is 0 Å². The molecule has 0 aliphatic carbocycles. The van der Waals surface area contributed by atoms with Gasteiger partial charge < -0.3 is 20.1 Å². The third-order valence-electron chi connectivity index (χ3n) is 3.26. The Labute approximate surface area is 126 Å². The fourth-order valence-electron chi connectivity index (χ4n) is 2.02. The van der Waals surface area contributed by atoms with Gasteiger partial charge in [0, 0.05) is 24.0 Å². The predicted octanol–water partition coefficient (Wildman–Crippen LogP) is 1.95. The molecule has 0 radical (unpaired) electrons.